The Labute approximate surface area is 161 Å². The van der Waals surface area contributed by atoms with Gasteiger partial charge in [0, 0.05) is 21.7 Å². The largest absolute Gasteiger partial charge is 0.322 e. The molecule has 4 rings (SSSR count). The van der Waals surface area contributed by atoms with Gasteiger partial charge in [0.15, 0.2) is 0 Å². The molecule has 0 bridgehead atoms. The van der Waals surface area contributed by atoms with Crippen LogP contribution in [0.1, 0.15) is 15.9 Å². The monoisotopic (exact) mass is 373 g/mol. The molecule has 1 amide bonds. The fourth-order valence-corrected chi connectivity index (χ4v) is 3.26. The van der Waals surface area contributed by atoms with Gasteiger partial charge in [0.1, 0.15) is 5.69 Å². The van der Waals surface area contributed by atoms with Crippen LogP contribution in [-0.2, 0) is 0 Å². The molecule has 4 aromatic rings. The van der Waals surface area contributed by atoms with Crippen LogP contribution in [0.5, 0.6) is 0 Å². The molecule has 0 aliphatic heterocycles. The van der Waals surface area contributed by atoms with Crippen LogP contribution >= 0.6 is 11.6 Å². The molecule has 0 aliphatic rings. The quantitative estimate of drug-likeness (QED) is 0.515. The maximum atomic E-state index is 13.2. The lowest BCUT2D eigenvalue weighted by Gasteiger charge is -2.13. The van der Waals surface area contributed by atoms with Crippen molar-refractivity contribution >= 4 is 34.1 Å². The van der Waals surface area contributed by atoms with Gasteiger partial charge in [-0.05, 0) is 36.8 Å². The number of aryl methyl sites for hydroxylation is 1. The van der Waals surface area contributed by atoms with Gasteiger partial charge in [0.05, 0.1) is 11.1 Å². The Kier molecular flexibility index (Phi) is 4.57. The third-order valence-electron chi connectivity index (χ3n) is 4.38. The number of anilines is 1. The van der Waals surface area contributed by atoms with E-state index in [-0.39, 0.29) is 5.91 Å². The second kappa shape index (κ2) is 7.17. The highest BCUT2D eigenvalue weighted by molar-refractivity contribution is 6.30. The van der Waals surface area contributed by atoms with E-state index in [1.54, 1.807) is 12.1 Å². The van der Waals surface area contributed by atoms with Gasteiger partial charge in [0.25, 0.3) is 5.91 Å². The van der Waals surface area contributed by atoms with Gasteiger partial charge in [0.2, 0.25) is 0 Å². The van der Waals surface area contributed by atoms with Crippen molar-refractivity contribution in [1.29, 1.82) is 0 Å². The summed E-state index contributed by atoms with van der Waals surface area (Å²) in [5.41, 5.74) is 4.18. The van der Waals surface area contributed by atoms with Crippen LogP contribution < -0.4 is 5.32 Å². The smallest absolute Gasteiger partial charge is 0.258 e. The first-order valence-electron chi connectivity index (χ1n) is 8.52. The van der Waals surface area contributed by atoms with E-state index >= 15 is 0 Å². The molecule has 0 unspecified atom stereocenters. The molecule has 132 valence electrons. The van der Waals surface area contributed by atoms with E-state index in [1.807, 2.05) is 67.6 Å². The molecule has 0 radical (unpaired) electrons. The van der Waals surface area contributed by atoms with Crippen molar-refractivity contribution in [3.63, 3.8) is 0 Å². The van der Waals surface area contributed by atoms with E-state index in [9.17, 15) is 4.79 Å². The van der Waals surface area contributed by atoms with Gasteiger partial charge >= 0.3 is 0 Å². The molecule has 4 nitrogen and oxygen atoms in total. The lowest BCUT2D eigenvalue weighted by atomic mass is 10.0. The molecule has 1 N–H and O–H groups in total. The second-order valence-electron chi connectivity index (χ2n) is 6.22. The van der Waals surface area contributed by atoms with E-state index in [1.165, 1.54) is 0 Å². The van der Waals surface area contributed by atoms with Crippen molar-refractivity contribution in [2.45, 2.75) is 6.92 Å². The Balaban J connectivity index is 1.87. The molecule has 3 aromatic carbocycles. The van der Waals surface area contributed by atoms with E-state index in [4.69, 9.17) is 11.6 Å². The number of amides is 1. The van der Waals surface area contributed by atoms with E-state index in [0.717, 1.165) is 16.5 Å². The third-order valence-corrected chi connectivity index (χ3v) is 4.61. The number of hydrogen-bond acceptors (Lipinski definition) is 3. The molecule has 1 heterocycles. The van der Waals surface area contributed by atoms with Crippen LogP contribution in [0, 0.1) is 6.92 Å². The average Bonchev–Trinajstić information content (AvgIpc) is 2.70. The normalized spacial score (nSPS) is 10.7. The van der Waals surface area contributed by atoms with Crippen molar-refractivity contribution < 1.29 is 4.79 Å². The molecule has 0 saturated carbocycles. The average molecular weight is 374 g/mol. The number of fused-ring (bicyclic) bond motifs is 1. The summed E-state index contributed by atoms with van der Waals surface area (Å²) < 4.78 is 0. The van der Waals surface area contributed by atoms with Crippen LogP contribution in [-0.4, -0.2) is 16.1 Å². The molecule has 0 spiro atoms. The second-order valence-corrected chi connectivity index (χ2v) is 6.66. The zero-order valence-electron chi connectivity index (χ0n) is 14.6. The summed E-state index contributed by atoms with van der Waals surface area (Å²) >= 11 is 6.02. The van der Waals surface area contributed by atoms with Gasteiger partial charge in [-0.3, -0.25) is 4.79 Å². The number of hydrogen-bond donors (Lipinski definition) is 1. The number of benzene rings is 3. The number of halogens is 1. The zero-order valence-corrected chi connectivity index (χ0v) is 15.4. The zero-order chi connectivity index (χ0) is 18.8. The predicted molar refractivity (Wildman–Crippen MR) is 109 cm³/mol. The van der Waals surface area contributed by atoms with Crippen molar-refractivity contribution in [2.24, 2.45) is 0 Å². The number of nitrogens with one attached hydrogen (secondary N) is 1. The lowest BCUT2D eigenvalue weighted by Crippen LogP contribution is -2.16. The lowest BCUT2D eigenvalue weighted by molar-refractivity contribution is 0.102. The van der Waals surface area contributed by atoms with Gasteiger partial charge < -0.3 is 5.32 Å². The summed E-state index contributed by atoms with van der Waals surface area (Å²) in [6.07, 6.45) is 0. The molecular formula is C22H16ClN3O. The van der Waals surface area contributed by atoms with Gasteiger partial charge in [-0.2, -0.15) is 0 Å². The van der Waals surface area contributed by atoms with Crippen molar-refractivity contribution in [2.75, 3.05) is 5.32 Å². The summed E-state index contributed by atoms with van der Waals surface area (Å²) in [6.45, 7) is 1.91. The van der Waals surface area contributed by atoms with Crippen LogP contribution in [0.25, 0.3) is 22.2 Å². The number of rotatable bonds is 3. The Morgan fingerprint density at radius 1 is 0.926 bits per heavy atom. The first-order chi connectivity index (χ1) is 13.1. The highest BCUT2D eigenvalue weighted by atomic mass is 35.5. The number of aromatic nitrogens is 2. The summed E-state index contributed by atoms with van der Waals surface area (Å²) in [4.78, 5) is 13.2. The summed E-state index contributed by atoms with van der Waals surface area (Å²) in [7, 11) is 0. The van der Waals surface area contributed by atoms with Crippen LogP contribution in [0.2, 0.25) is 5.02 Å². The highest BCUT2D eigenvalue weighted by Crippen LogP contribution is 2.28. The fraction of sp³-hybridized carbons (Fsp3) is 0.0455. The standard InChI is InChI=1S/C22H16ClN3O/c1-14-13-16(23)11-12-18(14)24-22(27)20-17-9-5-6-10-19(17)25-26-21(20)15-7-3-2-4-8-15/h2-13H,1H3,(H,24,27). The minimum Gasteiger partial charge on any atom is -0.322 e. The van der Waals surface area contributed by atoms with Crippen LogP contribution in [0.4, 0.5) is 5.69 Å². The minimum atomic E-state index is -0.231. The maximum Gasteiger partial charge on any atom is 0.258 e. The molecular weight excluding hydrogens is 358 g/mol. The Morgan fingerprint density at radius 2 is 1.67 bits per heavy atom. The van der Waals surface area contributed by atoms with Gasteiger partial charge in [-0.1, -0.05) is 60.1 Å². The van der Waals surface area contributed by atoms with Crippen molar-refractivity contribution in [3.8, 4) is 11.3 Å². The molecule has 27 heavy (non-hydrogen) atoms. The maximum absolute atomic E-state index is 13.2. The van der Waals surface area contributed by atoms with Crippen LogP contribution in [0.15, 0.2) is 72.8 Å². The summed E-state index contributed by atoms with van der Waals surface area (Å²) in [5.74, 6) is -0.231. The van der Waals surface area contributed by atoms with Crippen molar-refractivity contribution in [3.05, 3.63) is 88.9 Å². The number of carbonyl (C=O) groups is 1. The number of carbonyl (C=O) groups excluding carboxylic acids is 1. The Morgan fingerprint density at radius 3 is 2.44 bits per heavy atom. The predicted octanol–water partition coefficient (Wildman–Crippen LogP) is 5.51. The fourth-order valence-electron chi connectivity index (χ4n) is 3.03. The third kappa shape index (κ3) is 3.39. The minimum absolute atomic E-state index is 0.231. The molecule has 5 heteroatoms. The van der Waals surface area contributed by atoms with E-state index < -0.39 is 0 Å². The Hall–Kier alpha value is -3.24. The summed E-state index contributed by atoms with van der Waals surface area (Å²) in [5, 5.41) is 13.0. The first kappa shape index (κ1) is 17.2. The topological polar surface area (TPSA) is 54.9 Å². The first-order valence-corrected chi connectivity index (χ1v) is 8.89. The van der Waals surface area contributed by atoms with E-state index in [2.05, 4.69) is 15.5 Å². The number of nitrogens with zero attached hydrogens (tertiary/aromatic N) is 2. The molecule has 0 aliphatic carbocycles. The molecule has 0 atom stereocenters. The molecule has 1 aromatic heterocycles. The van der Waals surface area contributed by atoms with E-state index in [0.29, 0.717) is 27.5 Å². The molecule has 0 fully saturated rings. The summed E-state index contributed by atoms with van der Waals surface area (Å²) in [6, 6.07) is 22.5. The van der Waals surface area contributed by atoms with Gasteiger partial charge in [-0.15, -0.1) is 10.2 Å². The Bertz CT molecular complexity index is 1140. The SMILES string of the molecule is Cc1cc(Cl)ccc1NC(=O)c1c(-c2ccccc2)nnc2ccccc12. The highest BCUT2D eigenvalue weighted by Gasteiger charge is 2.19. The van der Waals surface area contributed by atoms with Gasteiger partial charge in [-0.25, -0.2) is 0 Å². The van der Waals surface area contributed by atoms with Crippen LogP contribution in [0.3, 0.4) is 0 Å². The van der Waals surface area contributed by atoms with Crippen molar-refractivity contribution in [1.82, 2.24) is 10.2 Å². The molecule has 0 saturated heterocycles.